The number of amides is 2. The number of nitrogens with zero attached hydrogens (tertiary/aromatic N) is 3. The Hall–Kier alpha value is -4.56. The van der Waals surface area contributed by atoms with Gasteiger partial charge in [0, 0.05) is 17.3 Å². The highest BCUT2D eigenvalue weighted by Crippen LogP contribution is 2.25. The standard InChI is InChI=1S/C20H12N6O4S/c1-2-17(27)22-11-5-3-4-10(6-11)12-8-16(26-25-12)24-18(28)15-7-13-19(31-15)23-14(9-21-13)20(29)30/h1,3-9H,(H,22,27)(H,29,30)(H2,24,25,26,28). The molecule has 0 spiro atoms. The van der Waals surface area contributed by atoms with Crippen molar-refractivity contribution in [3.05, 3.63) is 53.2 Å². The number of aromatic carboxylic acids is 1. The maximum absolute atomic E-state index is 12.6. The smallest absolute Gasteiger partial charge is 0.356 e. The normalized spacial score (nSPS) is 10.4. The van der Waals surface area contributed by atoms with Crippen LogP contribution in [0.2, 0.25) is 0 Å². The minimum atomic E-state index is -1.19. The first-order valence-corrected chi connectivity index (χ1v) is 9.49. The van der Waals surface area contributed by atoms with Crippen molar-refractivity contribution < 1.29 is 19.5 Å². The lowest BCUT2D eigenvalue weighted by Gasteiger charge is -2.03. The number of carbonyl (C=O) groups excluding carboxylic acids is 2. The van der Waals surface area contributed by atoms with Crippen LogP contribution >= 0.6 is 11.3 Å². The van der Waals surface area contributed by atoms with Gasteiger partial charge in [0.15, 0.2) is 11.5 Å². The van der Waals surface area contributed by atoms with Gasteiger partial charge in [-0.15, -0.1) is 17.8 Å². The minimum Gasteiger partial charge on any atom is -0.476 e. The molecule has 0 radical (unpaired) electrons. The van der Waals surface area contributed by atoms with E-state index in [0.29, 0.717) is 26.6 Å². The highest BCUT2D eigenvalue weighted by molar-refractivity contribution is 7.20. The first-order valence-electron chi connectivity index (χ1n) is 8.67. The number of benzene rings is 1. The third kappa shape index (κ3) is 4.24. The van der Waals surface area contributed by atoms with E-state index in [-0.39, 0.29) is 11.5 Å². The molecule has 0 saturated carbocycles. The largest absolute Gasteiger partial charge is 0.476 e. The summed E-state index contributed by atoms with van der Waals surface area (Å²) < 4.78 is 0. The third-order valence-corrected chi connectivity index (χ3v) is 5.08. The lowest BCUT2D eigenvalue weighted by atomic mass is 10.1. The van der Waals surface area contributed by atoms with E-state index in [9.17, 15) is 14.4 Å². The number of hydrogen-bond donors (Lipinski definition) is 4. The quantitative estimate of drug-likeness (QED) is 0.354. The maximum atomic E-state index is 12.6. The zero-order valence-electron chi connectivity index (χ0n) is 15.5. The van der Waals surface area contributed by atoms with E-state index in [1.165, 1.54) is 6.07 Å². The number of carboxylic acids is 1. The van der Waals surface area contributed by atoms with E-state index < -0.39 is 17.8 Å². The summed E-state index contributed by atoms with van der Waals surface area (Å²) in [7, 11) is 0. The maximum Gasteiger partial charge on any atom is 0.356 e. The van der Waals surface area contributed by atoms with Gasteiger partial charge in [-0.3, -0.25) is 19.7 Å². The summed E-state index contributed by atoms with van der Waals surface area (Å²) in [5, 5.41) is 21.1. The Labute approximate surface area is 178 Å². The van der Waals surface area contributed by atoms with E-state index in [2.05, 4.69) is 30.8 Å². The van der Waals surface area contributed by atoms with Crippen LogP contribution < -0.4 is 10.6 Å². The van der Waals surface area contributed by atoms with Crippen molar-refractivity contribution in [3.63, 3.8) is 0 Å². The van der Waals surface area contributed by atoms with Gasteiger partial charge in [0.2, 0.25) is 0 Å². The molecule has 3 aromatic heterocycles. The van der Waals surface area contributed by atoms with Gasteiger partial charge in [-0.2, -0.15) is 5.10 Å². The summed E-state index contributed by atoms with van der Waals surface area (Å²) in [6.07, 6.45) is 6.20. The van der Waals surface area contributed by atoms with Gasteiger partial charge in [-0.25, -0.2) is 9.78 Å². The highest BCUT2D eigenvalue weighted by atomic mass is 32.1. The highest BCUT2D eigenvalue weighted by Gasteiger charge is 2.16. The second-order valence-corrected chi connectivity index (χ2v) is 7.19. The van der Waals surface area contributed by atoms with Gasteiger partial charge in [0.05, 0.1) is 16.8 Å². The number of hydrogen-bond acceptors (Lipinski definition) is 7. The number of carbonyl (C=O) groups is 3. The van der Waals surface area contributed by atoms with Crippen molar-refractivity contribution in [2.24, 2.45) is 0 Å². The van der Waals surface area contributed by atoms with Crippen LogP contribution in [-0.4, -0.2) is 43.1 Å². The molecule has 4 N–H and O–H groups in total. The summed E-state index contributed by atoms with van der Waals surface area (Å²) in [4.78, 5) is 43.6. The van der Waals surface area contributed by atoms with E-state index in [1.54, 1.807) is 30.3 Å². The Bertz CT molecular complexity index is 1380. The summed E-state index contributed by atoms with van der Waals surface area (Å²) in [5.41, 5.74) is 2.08. The number of terminal acetylenes is 1. The number of fused-ring (bicyclic) bond motifs is 1. The molecule has 2 amide bonds. The number of nitrogens with one attached hydrogen (secondary N) is 3. The summed E-state index contributed by atoms with van der Waals surface area (Å²) >= 11 is 1.03. The van der Waals surface area contributed by atoms with E-state index in [4.69, 9.17) is 11.5 Å². The molecule has 0 saturated heterocycles. The molecule has 0 aliphatic heterocycles. The van der Waals surface area contributed by atoms with Crippen molar-refractivity contribution in [2.45, 2.75) is 0 Å². The van der Waals surface area contributed by atoms with Crippen LogP contribution in [0.1, 0.15) is 20.2 Å². The average Bonchev–Trinajstić information content (AvgIpc) is 3.40. The van der Waals surface area contributed by atoms with Crippen LogP contribution in [0.15, 0.2) is 42.6 Å². The van der Waals surface area contributed by atoms with Gasteiger partial charge in [-0.1, -0.05) is 12.1 Å². The molecule has 0 aliphatic rings. The zero-order valence-corrected chi connectivity index (χ0v) is 16.4. The number of anilines is 2. The van der Waals surface area contributed by atoms with Crippen LogP contribution in [0.3, 0.4) is 0 Å². The van der Waals surface area contributed by atoms with Gasteiger partial charge in [0.1, 0.15) is 10.3 Å². The number of aromatic amines is 1. The second-order valence-electron chi connectivity index (χ2n) is 6.16. The van der Waals surface area contributed by atoms with Crippen LogP contribution in [0.5, 0.6) is 0 Å². The number of H-pyrrole nitrogens is 1. The van der Waals surface area contributed by atoms with Crippen LogP contribution in [0.4, 0.5) is 11.5 Å². The Morgan fingerprint density at radius 3 is 2.77 bits per heavy atom. The first kappa shape index (κ1) is 19.7. The number of thiophene rings is 1. The molecule has 4 rings (SSSR count). The van der Waals surface area contributed by atoms with Crippen molar-refractivity contribution >= 4 is 51.0 Å². The first-order chi connectivity index (χ1) is 14.9. The molecule has 4 aromatic rings. The molecular formula is C20H12N6O4S. The van der Waals surface area contributed by atoms with E-state index >= 15 is 0 Å². The average molecular weight is 432 g/mol. The van der Waals surface area contributed by atoms with Crippen LogP contribution in [0.25, 0.3) is 21.6 Å². The van der Waals surface area contributed by atoms with Gasteiger partial charge < -0.3 is 15.7 Å². The fourth-order valence-electron chi connectivity index (χ4n) is 2.67. The van der Waals surface area contributed by atoms with Crippen LogP contribution in [0, 0.1) is 12.3 Å². The molecule has 0 atom stereocenters. The Kier molecular flexibility index (Phi) is 5.13. The summed E-state index contributed by atoms with van der Waals surface area (Å²) in [5.74, 6) is 0.0706. The van der Waals surface area contributed by atoms with E-state index in [0.717, 1.165) is 23.1 Å². The monoisotopic (exact) mass is 432 g/mol. The SMILES string of the molecule is C#CC(=O)Nc1cccc(-c2cc(NC(=O)c3cc4ncc(C(=O)O)nc4s3)n[nH]2)c1. The van der Waals surface area contributed by atoms with E-state index in [1.807, 2.05) is 5.92 Å². The molecule has 0 unspecified atom stereocenters. The van der Waals surface area contributed by atoms with Gasteiger partial charge >= 0.3 is 5.97 Å². The Balaban J connectivity index is 1.51. The van der Waals surface area contributed by atoms with Gasteiger partial charge in [-0.05, 0) is 24.1 Å². The second kappa shape index (κ2) is 8.05. The molecular weight excluding hydrogens is 420 g/mol. The molecule has 1 aromatic carbocycles. The predicted molar refractivity (Wildman–Crippen MR) is 114 cm³/mol. The van der Waals surface area contributed by atoms with Crippen molar-refractivity contribution in [3.8, 4) is 23.6 Å². The van der Waals surface area contributed by atoms with Crippen molar-refractivity contribution in [1.82, 2.24) is 20.2 Å². The molecule has 0 fully saturated rings. The van der Waals surface area contributed by atoms with Crippen molar-refractivity contribution in [2.75, 3.05) is 10.6 Å². The lowest BCUT2D eigenvalue weighted by molar-refractivity contribution is -0.111. The summed E-state index contributed by atoms with van der Waals surface area (Å²) in [6.45, 7) is 0. The molecule has 0 bridgehead atoms. The molecule has 10 nitrogen and oxygen atoms in total. The lowest BCUT2D eigenvalue weighted by Crippen LogP contribution is -2.10. The number of aromatic nitrogens is 4. The third-order valence-electron chi connectivity index (χ3n) is 4.07. The molecule has 11 heteroatoms. The van der Waals surface area contributed by atoms with Crippen LogP contribution in [-0.2, 0) is 4.79 Å². The topological polar surface area (TPSA) is 150 Å². The minimum absolute atomic E-state index is 0.195. The Morgan fingerprint density at radius 1 is 1.16 bits per heavy atom. The molecule has 0 aliphatic carbocycles. The number of carboxylic acid groups (broad SMARTS) is 1. The Morgan fingerprint density at radius 2 is 2.00 bits per heavy atom. The molecule has 31 heavy (non-hydrogen) atoms. The fraction of sp³-hybridized carbons (Fsp3) is 0. The molecule has 3 heterocycles. The fourth-order valence-corrected chi connectivity index (χ4v) is 3.55. The molecule has 152 valence electrons. The van der Waals surface area contributed by atoms with Gasteiger partial charge in [0.25, 0.3) is 11.8 Å². The predicted octanol–water partition coefficient (Wildman–Crippen LogP) is 2.60. The summed E-state index contributed by atoms with van der Waals surface area (Å²) in [6, 6.07) is 10.1. The van der Waals surface area contributed by atoms with Crippen molar-refractivity contribution in [1.29, 1.82) is 0 Å². The number of rotatable bonds is 5. The zero-order chi connectivity index (χ0) is 22.0.